The quantitative estimate of drug-likeness (QED) is 0.860. The van der Waals surface area contributed by atoms with Crippen molar-refractivity contribution in [1.82, 2.24) is 9.88 Å². The van der Waals surface area contributed by atoms with Gasteiger partial charge in [0.15, 0.2) is 0 Å². The minimum atomic E-state index is -0.103. The average Bonchev–Trinajstić information content (AvgIpc) is 2.98. The van der Waals surface area contributed by atoms with E-state index in [1.807, 2.05) is 18.4 Å². The summed E-state index contributed by atoms with van der Waals surface area (Å²) in [4.78, 5) is 19.8. The SMILES string of the molecule is CC(Cc1cccs1)N(C)C(=O)c1ccc(C(N)=S)cn1. The number of pyridine rings is 1. The number of carbonyl (C=O) groups is 1. The maximum Gasteiger partial charge on any atom is 0.272 e. The van der Waals surface area contributed by atoms with Gasteiger partial charge >= 0.3 is 0 Å². The van der Waals surface area contributed by atoms with Gasteiger partial charge in [0.2, 0.25) is 0 Å². The molecule has 0 saturated carbocycles. The minimum absolute atomic E-state index is 0.103. The van der Waals surface area contributed by atoms with Gasteiger partial charge in [-0.25, -0.2) is 0 Å². The van der Waals surface area contributed by atoms with Gasteiger partial charge < -0.3 is 10.6 Å². The zero-order valence-corrected chi connectivity index (χ0v) is 13.6. The lowest BCUT2D eigenvalue weighted by atomic mass is 10.1. The Hall–Kier alpha value is -1.79. The second kappa shape index (κ2) is 6.78. The van der Waals surface area contributed by atoms with Gasteiger partial charge in [0.1, 0.15) is 10.7 Å². The van der Waals surface area contributed by atoms with Crippen molar-refractivity contribution in [3.63, 3.8) is 0 Å². The van der Waals surface area contributed by atoms with Crippen LogP contribution in [0, 0.1) is 0 Å². The lowest BCUT2D eigenvalue weighted by molar-refractivity contribution is 0.0738. The summed E-state index contributed by atoms with van der Waals surface area (Å²) in [6, 6.07) is 7.58. The normalized spacial score (nSPS) is 11.9. The Balaban J connectivity index is 2.05. The van der Waals surface area contributed by atoms with Crippen LogP contribution in [0.2, 0.25) is 0 Å². The van der Waals surface area contributed by atoms with Crippen LogP contribution >= 0.6 is 23.6 Å². The van der Waals surface area contributed by atoms with E-state index in [0.29, 0.717) is 11.3 Å². The van der Waals surface area contributed by atoms with Gasteiger partial charge in [-0.05, 0) is 30.5 Å². The molecular formula is C15H17N3OS2. The summed E-state index contributed by atoms with van der Waals surface area (Å²) in [5.74, 6) is -0.103. The number of nitrogens with zero attached hydrogens (tertiary/aromatic N) is 2. The van der Waals surface area contributed by atoms with Crippen molar-refractivity contribution >= 4 is 34.5 Å². The number of amides is 1. The van der Waals surface area contributed by atoms with Crippen LogP contribution in [0.25, 0.3) is 0 Å². The number of hydrogen-bond acceptors (Lipinski definition) is 4. The highest BCUT2D eigenvalue weighted by molar-refractivity contribution is 7.80. The molecule has 0 aliphatic rings. The molecule has 0 saturated heterocycles. The highest BCUT2D eigenvalue weighted by Crippen LogP contribution is 2.15. The summed E-state index contributed by atoms with van der Waals surface area (Å²) in [6.07, 6.45) is 2.37. The van der Waals surface area contributed by atoms with Crippen LogP contribution < -0.4 is 5.73 Å². The van der Waals surface area contributed by atoms with Crippen LogP contribution in [0.3, 0.4) is 0 Å². The van der Waals surface area contributed by atoms with Gasteiger partial charge in [-0.1, -0.05) is 18.3 Å². The predicted octanol–water partition coefficient (Wildman–Crippen LogP) is 2.48. The molecule has 2 aromatic rings. The summed E-state index contributed by atoms with van der Waals surface area (Å²) in [7, 11) is 1.80. The first-order chi connectivity index (χ1) is 9.99. The zero-order chi connectivity index (χ0) is 15.4. The van der Waals surface area contributed by atoms with Crippen molar-refractivity contribution in [2.24, 2.45) is 5.73 Å². The van der Waals surface area contributed by atoms with Crippen molar-refractivity contribution in [2.45, 2.75) is 19.4 Å². The van der Waals surface area contributed by atoms with E-state index in [9.17, 15) is 4.79 Å². The minimum Gasteiger partial charge on any atom is -0.389 e. The summed E-state index contributed by atoms with van der Waals surface area (Å²) in [6.45, 7) is 2.03. The lowest BCUT2D eigenvalue weighted by Gasteiger charge is -2.24. The topological polar surface area (TPSA) is 59.2 Å². The molecule has 0 fully saturated rings. The highest BCUT2D eigenvalue weighted by Gasteiger charge is 2.19. The van der Waals surface area contributed by atoms with E-state index < -0.39 is 0 Å². The lowest BCUT2D eigenvalue weighted by Crippen LogP contribution is -2.36. The smallest absolute Gasteiger partial charge is 0.272 e. The number of hydrogen-bond donors (Lipinski definition) is 1. The van der Waals surface area contributed by atoms with Crippen LogP contribution in [0.1, 0.15) is 27.9 Å². The van der Waals surface area contributed by atoms with Gasteiger partial charge in [-0.15, -0.1) is 11.3 Å². The molecule has 0 spiro atoms. The molecule has 0 radical (unpaired) electrons. The van der Waals surface area contributed by atoms with E-state index in [2.05, 4.69) is 11.1 Å². The standard InChI is InChI=1S/C15H17N3OS2/c1-10(8-12-4-3-7-21-12)18(2)15(19)13-6-5-11(9-17-13)14(16)20/h3-7,9-10H,8H2,1-2H3,(H2,16,20). The largest absolute Gasteiger partial charge is 0.389 e. The molecule has 6 heteroatoms. The van der Waals surface area contributed by atoms with Gasteiger partial charge in [0, 0.05) is 36.1 Å². The molecule has 1 atom stereocenters. The Kier molecular flexibility index (Phi) is 5.03. The van der Waals surface area contributed by atoms with E-state index in [-0.39, 0.29) is 16.9 Å². The fraction of sp³-hybridized carbons (Fsp3) is 0.267. The van der Waals surface area contributed by atoms with Crippen molar-refractivity contribution in [1.29, 1.82) is 0 Å². The number of thiocarbonyl (C=S) groups is 1. The van der Waals surface area contributed by atoms with E-state index >= 15 is 0 Å². The number of carbonyl (C=O) groups excluding carboxylic acids is 1. The van der Waals surface area contributed by atoms with Crippen molar-refractivity contribution in [3.05, 3.63) is 52.0 Å². The van der Waals surface area contributed by atoms with Gasteiger partial charge in [0.25, 0.3) is 5.91 Å². The predicted molar refractivity (Wildman–Crippen MR) is 89.7 cm³/mol. The van der Waals surface area contributed by atoms with Gasteiger partial charge in [0.05, 0.1) is 0 Å². The molecule has 0 aliphatic heterocycles. The summed E-state index contributed by atoms with van der Waals surface area (Å²) in [5.41, 5.74) is 6.58. The van der Waals surface area contributed by atoms with Crippen LogP contribution in [-0.2, 0) is 6.42 Å². The Bertz CT molecular complexity index is 623. The van der Waals surface area contributed by atoms with Crippen molar-refractivity contribution in [3.8, 4) is 0 Å². The average molecular weight is 319 g/mol. The molecule has 2 aromatic heterocycles. The Labute approximate surface area is 133 Å². The molecule has 1 amide bonds. The third kappa shape index (κ3) is 3.86. The van der Waals surface area contributed by atoms with Gasteiger partial charge in [-0.2, -0.15) is 0 Å². The fourth-order valence-corrected chi connectivity index (χ4v) is 2.85. The van der Waals surface area contributed by atoms with Crippen LogP contribution in [0.5, 0.6) is 0 Å². The van der Waals surface area contributed by atoms with E-state index in [1.54, 1.807) is 35.4 Å². The van der Waals surface area contributed by atoms with E-state index in [0.717, 1.165) is 6.42 Å². The third-order valence-electron chi connectivity index (χ3n) is 3.33. The molecule has 2 rings (SSSR count). The second-order valence-electron chi connectivity index (χ2n) is 4.84. The highest BCUT2D eigenvalue weighted by atomic mass is 32.1. The number of aromatic nitrogens is 1. The molecule has 2 N–H and O–H groups in total. The Morgan fingerprint density at radius 2 is 2.24 bits per heavy atom. The van der Waals surface area contributed by atoms with Crippen LogP contribution in [0.15, 0.2) is 35.8 Å². The summed E-state index contributed by atoms with van der Waals surface area (Å²) < 4.78 is 0. The molecule has 110 valence electrons. The monoisotopic (exact) mass is 319 g/mol. The maximum absolute atomic E-state index is 12.4. The molecule has 1 unspecified atom stereocenters. The molecule has 4 nitrogen and oxygen atoms in total. The first kappa shape index (κ1) is 15.6. The first-order valence-electron chi connectivity index (χ1n) is 6.54. The number of rotatable bonds is 5. The molecule has 21 heavy (non-hydrogen) atoms. The third-order valence-corrected chi connectivity index (χ3v) is 4.46. The summed E-state index contributed by atoms with van der Waals surface area (Å²) in [5, 5.41) is 2.04. The zero-order valence-electron chi connectivity index (χ0n) is 11.9. The molecule has 0 bridgehead atoms. The molecule has 0 aliphatic carbocycles. The number of likely N-dealkylation sites (N-methyl/N-ethyl adjacent to an activating group) is 1. The van der Waals surface area contributed by atoms with E-state index in [1.165, 1.54) is 11.1 Å². The molecule has 2 heterocycles. The van der Waals surface area contributed by atoms with Crippen LogP contribution in [-0.4, -0.2) is 33.9 Å². The second-order valence-corrected chi connectivity index (χ2v) is 6.32. The number of thiophene rings is 1. The first-order valence-corrected chi connectivity index (χ1v) is 7.83. The fourth-order valence-electron chi connectivity index (χ4n) is 1.90. The van der Waals surface area contributed by atoms with Crippen LogP contribution in [0.4, 0.5) is 0 Å². The number of nitrogens with two attached hydrogens (primary N) is 1. The summed E-state index contributed by atoms with van der Waals surface area (Å²) >= 11 is 6.57. The Morgan fingerprint density at radius 1 is 1.48 bits per heavy atom. The maximum atomic E-state index is 12.4. The van der Waals surface area contributed by atoms with Gasteiger partial charge in [-0.3, -0.25) is 9.78 Å². The van der Waals surface area contributed by atoms with Crippen molar-refractivity contribution in [2.75, 3.05) is 7.05 Å². The molecular weight excluding hydrogens is 302 g/mol. The Morgan fingerprint density at radius 3 is 2.76 bits per heavy atom. The van der Waals surface area contributed by atoms with E-state index in [4.69, 9.17) is 18.0 Å². The molecule has 0 aromatic carbocycles. The van der Waals surface area contributed by atoms with Crippen molar-refractivity contribution < 1.29 is 4.79 Å².